The summed E-state index contributed by atoms with van der Waals surface area (Å²) in [5, 5.41) is 5.12. The van der Waals surface area contributed by atoms with E-state index in [0.29, 0.717) is 0 Å². The summed E-state index contributed by atoms with van der Waals surface area (Å²) >= 11 is 8.36. The number of thiophene rings is 1. The number of carbonyl (C=O) groups excluding carboxylic acids is 1. The molecule has 6 heteroatoms. The fourth-order valence-electron chi connectivity index (χ4n) is 1.61. The molecule has 1 atom stereocenters. The van der Waals surface area contributed by atoms with Crippen molar-refractivity contribution in [1.82, 2.24) is 0 Å². The molecule has 2 rings (SSSR count). The van der Waals surface area contributed by atoms with Crippen LogP contribution in [0.25, 0.3) is 0 Å². The van der Waals surface area contributed by atoms with Crippen LogP contribution in [0, 0.1) is 0 Å². The summed E-state index contributed by atoms with van der Waals surface area (Å²) in [4.78, 5) is 12.8. The van der Waals surface area contributed by atoms with E-state index in [0.717, 1.165) is 19.5 Å². The molecule has 100 valence electrons. The van der Waals surface area contributed by atoms with Crippen molar-refractivity contribution in [2.24, 2.45) is 0 Å². The van der Waals surface area contributed by atoms with Crippen molar-refractivity contribution in [3.63, 3.8) is 0 Å². The Labute approximate surface area is 132 Å². The molecule has 0 amide bonds. The number of benzene rings is 1. The average Bonchev–Trinajstić information content (AvgIpc) is 2.81. The SMILES string of the molecule is COC(=O)C(Nc1cccc(Br)c1)c1sccc1Br. The van der Waals surface area contributed by atoms with Gasteiger partial charge in [0.15, 0.2) is 6.04 Å². The molecule has 1 heterocycles. The molecule has 0 bridgehead atoms. The zero-order valence-corrected chi connectivity index (χ0v) is 14.0. The van der Waals surface area contributed by atoms with Crippen LogP contribution in [0.3, 0.4) is 0 Å². The number of hydrogen-bond donors (Lipinski definition) is 1. The Morgan fingerprint density at radius 3 is 2.74 bits per heavy atom. The van der Waals surface area contributed by atoms with Gasteiger partial charge < -0.3 is 10.1 Å². The molecule has 1 aromatic heterocycles. The van der Waals surface area contributed by atoms with Crippen molar-refractivity contribution in [3.8, 4) is 0 Å². The van der Waals surface area contributed by atoms with Crippen LogP contribution < -0.4 is 5.32 Å². The molecule has 0 aliphatic heterocycles. The third kappa shape index (κ3) is 3.58. The quantitative estimate of drug-likeness (QED) is 0.756. The van der Waals surface area contributed by atoms with Gasteiger partial charge in [0, 0.05) is 14.6 Å². The molecular weight excluding hydrogens is 394 g/mol. The third-order valence-electron chi connectivity index (χ3n) is 2.48. The highest BCUT2D eigenvalue weighted by atomic mass is 79.9. The summed E-state index contributed by atoms with van der Waals surface area (Å²) in [6, 6.07) is 9.05. The zero-order chi connectivity index (χ0) is 13.8. The molecule has 0 spiro atoms. The number of nitrogens with one attached hydrogen (secondary N) is 1. The van der Waals surface area contributed by atoms with Crippen LogP contribution in [0.2, 0.25) is 0 Å². The van der Waals surface area contributed by atoms with Crippen molar-refractivity contribution in [3.05, 3.63) is 49.5 Å². The van der Waals surface area contributed by atoms with Gasteiger partial charge in [0.05, 0.1) is 12.0 Å². The maximum atomic E-state index is 11.9. The maximum absolute atomic E-state index is 11.9. The topological polar surface area (TPSA) is 38.3 Å². The van der Waals surface area contributed by atoms with E-state index in [-0.39, 0.29) is 5.97 Å². The fourth-order valence-corrected chi connectivity index (χ4v) is 3.64. The van der Waals surface area contributed by atoms with Crippen molar-refractivity contribution in [1.29, 1.82) is 0 Å². The molecule has 0 radical (unpaired) electrons. The molecule has 1 unspecified atom stereocenters. The van der Waals surface area contributed by atoms with Gasteiger partial charge >= 0.3 is 5.97 Å². The molecule has 0 aliphatic rings. The highest BCUT2D eigenvalue weighted by molar-refractivity contribution is 9.10. The van der Waals surface area contributed by atoms with Gasteiger partial charge in [0.25, 0.3) is 0 Å². The molecule has 19 heavy (non-hydrogen) atoms. The van der Waals surface area contributed by atoms with E-state index in [1.807, 2.05) is 35.7 Å². The molecule has 2 aromatic rings. The highest BCUT2D eigenvalue weighted by Gasteiger charge is 2.24. The number of rotatable bonds is 4. The minimum absolute atomic E-state index is 0.317. The highest BCUT2D eigenvalue weighted by Crippen LogP contribution is 2.32. The van der Waals surface area contributed by atoms with Gasteiger partial charge in [-0.15, -0.1) is 11.3 Å². The van der Waals surface area contributed by atoms with Crippen molar-refractivity contribution in [2.45, 2.75) is 6.04 Å². The summed E-state index contributed by atoms with van der Waals surface area (Å²) in [6.07, 6.45) is 0. The maximum Gasteiger partial charge on any atom is 0.333 e. The van der Waals surface area contributed by atoms with Gasteiger partial charge in [-0.3, -0.25) is 0 Å². The van der Waals surface area contributed by atoms with Gasteiger partial charge in [-0.2, -0.15) is 0 Å². The third-order valence-corrected chi connectivity index (χ3v) is 4.91. The monoisotopic (exact) mass is 403 g/mol. The molecule has 1 aromatic carbocycles. The number of hydrogen-bond acceptors (Lipinski definition) is 4. The van der Waals surface area contributed by atoms with Gasteiger partial charge in [0.1, 0.15) is 0 Å². The summed E-state index contributed by atoms with van der Waals surface area (Å²) in [6.45, 7) is 0. The van der Waals surface area contributed by atoms with E-state index in [2.05, 4.69) is 37.2 Å². The standard InChI is InChI=1S/C13H11Br2NO2S/c1-18-13(17)11(12-10(15)5-6-19-12)16-9-4-2-3-8(14)7-9/h2-7,11,16H,1H3. The van der Waals surface area contributed by atoms with Gasteiger partial charge in [-0.05, 0) is 45.6 Å². The Hall–Kier alpha value is -0.850. The Balaban J connectivity index is 2.29. The van der Waals surface area contributed by atoms with Crippen LogP contribution in [0.4, 0.5) is 5.69 Å². The van der Waals surface area contributed by atoms with E-state index >= 15 is 0 Å². The van der Waals surface area contributed by atoms with E-state index in [1.54, 1.807) is 0 Å². The number of methoxy groups -OCH3 is 1. The van der Waals surface area contributed by atoms with Crippen LogP contribution in [-0.4, -0.2) is 13.1 Å². The number of ether oxygens (including phenoxy) is 1. The molecular formula is C13H11Br2NO2S. The first kappa shape index (κ1) is 14.6. The molecule has 3 nitrogen and oxygen atoms in total. The lowest BCUT2D eigenvalue weighted by atomic mass is 10.2. The smallest absolute Gasteiger partial charge is 0.333 e. The second-order valence-corrected chi connectivity index (χ2v) is 6.46. The van der Waals surface area contributed by atoms with Gasteiger partial charge in [-0.1, -0.05) is 22.0 Å². The summed E-state index contributed by atoms with van der Waals surface area (Å²) in [5.41, 5.74) is 0.852. The number of esters is 1. The lowest BCUT2D eigenvalue weighted by Gasteiger charge is -2.17. The van der Waals surface area contributed by atoms with Crippen LogP contribution in [0.5, 0.6) is 0 Å². The number of anilines is 1. The predicted octanol–water partition coefficient (Wildman–Crippen LogP) is 4.60. The van der Waals surface area contributed by atoms with Gasteiger partial charge in [0.2, 0.25) is 0 Å². The molecule has 0 saturated carbocycles. The first-order valence-electron chi connectivity index (χ1n) is 5.44. The second kappa shape index (κ2) is 6.54. The fraction of sp³-hybridized carbons (Fsp3) is 0.154. The number of halogens is 2. The lowest BCUT2D eigenvalue weighted by Crippen LogP contribution is -2.21. The largest absolute Gasteiger partial charge is 0.467 e. The van der Waals surface area contributed by atoms with Crippen LogP contribution in [-0.2, 0) is 9.53 Å². The Kier molecular flexibility index (Phi) is 5.01. The van der Waals surface area contributed by atoms with Crippen LogP contribution in [0.1, 0.15) is 10.9 Å². The minimum Gasteiger partial charge on any atom is -0.467 e. The van der Waals surface area contributed by atoms with E-state index < -0.39 is 6.04 Å². The molecule has 1 N–H and O–H groups in total. The summed E-state index contributed by atoms with van der Waals surface area (Å²) in [5.74, 6) is -0.317. The first-order chi connectivity index (χ1) is 9.11. The van der Waals surface area contributed by atoms with E-state index in [1.165, 1.54) is 18.4 Å². The van der Waals surface area contributed by atoms with E-state index in [4.69, 9.17) is 4.74 Å². The zero-order valence-electron chi connectivity index (χ0n) is 10.0. The summed E-state index contributed by atoms with van der Waals surface area (Å²) in [7, 11) is 1.39. The normalized spacial score (nSPS) is 11.9. The van der Waals surface area contributed by atoms with Crippen molar-refractivity contribution >= 4 is 54.9 Å². The number of carbonyl (C=O) groups is 1. The summed E-state index contributed by atoms with van der Waals surface area (Å²) < 4.78 is 6.72. The van der Waals surface area contributed by atoms with Crippen molar-refractivity contribution < 1.29 is 9.53 Å². The Morgan fingerprint density at radius 2 is 2.16 bits per heavy atom. The Bertz CT molecular complexity index is 586. The Morgan fingerprint density at radius 1 is 1.37 bits per heavy atom. The van der Waals surface area contributed by atoms with Gasteiger partial charge in [-0.25, -0.2) is 4.79 Å². The predicted molar refractivity (Wildman–Crippen MR) is 84.5 cm³/mol. The van der Waals surface area contributed by atoms with Crippen molar-refractivity contribution in [2.75, 3.05) is 12.4 Å². The van der Waals surface area contributed by atoms with Crippen LogP contribution in [0.15, 0.2) is 44.7 Å². The molecule has 0 saturated heterocycles. The van der Waals surface area contributed by atoms with Crippen LogP contribution >= 0.6 is 43.2 Å². The second-order valence-electron chi connectivity index (χ2n) is 3.74. The first-order valence-corrected chi connectivity index (χ1v) is 7.91. The molecule has 0 aliphatic carbocycles. The lowest BCUT2D eigenvalue weighted by molar-refractivity contribution is -0.141. The minimum atomic E-state index is -0.520. The molecule has 0 fully saturated rings. The average molecular weight is 405 g/mol. The van der Waals surface area contributed by atoms with E-state index in [9.17, 15) is 4.79 Å².